The van der Waals surface area contributed by atoms with Crippen LogP contribution in [0.5, 0.6) is 0 Å². The van der Waals surface area contributed by atoms with Gasteiger partial charge >= 0.3 is 0 Å². The first-order valence-electron chi connectivity index (χ1n) is 5.99. The number of amides is 3. The molecule has 1 aliphatic rings. The molecule has 3 amide bonds. The molecule has 0 radical (unpaired) electrons. The minimum Gasteiger partial charge on any atom is -0.368 e. The van der Waals surface area contributed by atoms with E-state index in [2.05, 4.69) is 5.32 Å². The van der Waals surface area contributed by atoms with Gasteiger partial charge < -0.3 is 21.7 Å². The lowest BCUT2D eigenvalue weighted by Gasteiger charge is -2.30. The van der Waals surface area contributed by atoms with Crippen molar-refractivity contribution in [2.45, 2.75) is 25.8 Å². The fraction of sp³-hybridized carbons (Fsp3) is 0.727. The Bertz CT molecular complexity index is 321. The van der Waals surface area contributed by atoms with Crippen molar-refractivity contribution in [3.8, 4) is 0 Å². The van der Waals surface area contributed by atoms with Crippen LogP contribution in [0.1, 0.15) is 19.8 Å². The third kappa shape index (κ3) is 4.33. The van der Waals surface area contributed by atoms with Gasteiger partial charge in [0.05, 0.1) is 19.0 Å². The van der Waals surface area contributed by atoms with Crippen LogP contribution in [0, 0.1) is 5.92 Å². The number of primary amides is 2. The second kappa shape index (κ2) is 6.34. The van der Waals surface area contributed by atoms with Crippen molar-refractivity contribution in [1.29, 1.82) is 0 Å². The maximum Gasteiger partial charge on any atom is 0.237 e. The van der Waals surface area contributed by atoms with E-state index in [9.17, 15) is 14.4 Å². The maximum atomic E-state index is 12.1. The van der Waals surface area contributed by atoms with Gasteiger partial charge in [-0.05, 0) is 19.8 Å². The van der Waals surface area contributed by atoms with Gasteiger partial charge in [0.25, 0.3) is 0 Å². The second-order valence-electron chi connectivity index (χ2n) is 4.71. The largest absolute Gasteiger partial charge is 0.368 e. The van der Waals surface area contributed by atoms with E-state index >= 15 is 0 Å². The van der Waals surface area contributed by atoms with Gasteiger partial charge in [0.15, 0.2) is 0 Å². The van der Waals surface area contributed by atoms with Gasteiger partial charge in [-0.15, -0.1) is 0 Å². The highest BCUT2D eigenvalue weighted by Gasteiger charge is 2.29. The van der Waals surface area contributed by atoms with E-state index in [4.69, 9.17) is 11.5 Å². The Labute approximate surface area is 106 Å². The highest BCUT2D eigenvalue weighted by atomic mass is 16.2. The number of rotatable bonds is 5. The fourth-order valence-corrected chi connectivity index (χ4v) is 2.06. The molecule has 0 aromatic carbocycles. The number of nitrogens with one attached hydrogen (secondary N) is 1. The van der Waals surface area contributed by atoms with E-state index in [1.165, 1.54) is 0 Å². The van der Waals surface area contributed by atoms with Crippen molar-refractivity contribution in [3.05, 3.63) is 0 Å². The lowest BCUT2D eigenvalue weighted by molar-refractivity contribution is -0.141. The van der Waals surface area contributed by atoms with Gasteiger partial charge in [0.2, 0.25) is 17.7 Å². The summed E-state index contributed by atoms with van der Waals surface area (Å²) in [4.78, 5) is 35.1. The molecule has 5 N–H and O–H groups in total. The molecule has 0 saturated carbocycles. The number of nitrogens with two attached hydrogens (primary N) is 2. The van der Waals surface area contributed by atoms with Crippen molar-refractivity contribution in [2.75, 3.05) is 19.6 Å². The predicted octanol–water partition coefficient (Wildman–Crippen LogP) is -1.83. The summed E-state index contributed by atoms with van der Waals surface area (Å²) in [5.74, 6) is -1.77. The summed E-state index contributed by atoms with van der Waals surface area (Å²) >= 11 is 0. The SMILES string of the molecule is CC1CCC(C(=O)N(CC(N)=O)CC(N)=O)CN1. The van der Waals surface area contributed by atoms with Gasteiger partial charge in [-0.25, -0.2) is 0 Å². The third-order valence-corrected chi connectivity index (χ3v) is 3.02. The van der Waals surface area contributed by atoms with Gasteiger partial charge in [-0.2, -0.15) is 0 Å². The van der Waals surface area contributed by atoms with Crippen molar-refractivity contribution in [2.24, 2.45) is 17.4 Å². The molecule has 0 aromatic heterocycles. The molecule has 1 rings (SSSR count). The van der Waals surface area contributed by atoms with E-state index in [0.29, 0.717) is 12.6 Å². The molecule has 0 spiro atoms. The summed E-state index contributed by atoms with van der Waals surface area (Å²) in [6, 6.07) is 0.384. The summed E-state index contributed by atoms with van der Waals surface area (Å²) in [5.41, 5.74) is 10.1. The van der Waals surface area contributed by atoms with Crippen molar-refractivity contribution in [1.82, 2.24) is 10.2 Å². The standard InChI is InChI=1S/C11H20N4O3/c1-7-2-3-8(4-14-7)11(18)15(5-9(12)16)6-10(13)17/h7-8,14H,2-6H2,1H3,(H2,12,16)(H2,13,17). The van der Waals surface area contributed by atoms with Gasteiger partial charge in [0, 0.05) is 12.6 Å². The smallest absolute Gasteiger partial charge is 0.237 e. The first kappa shape index (κ1) is 14.4. The van der Waals surface area contributed by atoms with Gasteiger partial charge in [-0.3, -0.25) is 14.4 Å². The van der Waals surface area contributed by atoms with Crippen molar-refractivity contribution >= 4 is 17.7 Å². The van der Waals surface area contributed by atoms with Gasteiger partial charge in [0.1, 0.15) is 0 Å². The topological polar surface area (TPSA) is 119 Å². The summed E-state index contributed by atoms with van der Waals surface area (Å²) < 4.78 is 0. The van der Waals surface area contributed by atoms with Crippen LogP contribution in [0.15, 0.2) is 0 Å². The van der Waals surface area contributed by atoms with Gasteiger partial charge in [-0.1, -0.05) is 0 Å². The number of hydrogen-bond donors (Lipinski definition) is 3. The van der Waals surface area contributed by atoms with Crippen LogP contribution in [0.3, 0.4) is 0 Å². The Hall–Kier alpha value is -1.63. The molecule has 1 fully saturated rings. The van der Waals surface area contributed by atoms with Crippen LogP contribution in [0.25, 0.3) is 0 Å². The molecule has 2 unspecified atom stereocenters. The number of carbonyl (C=O) groups excluding carboxylic acids is 3. The highest BCUT2D eigenvalue weighted by molar-refractivity contribution is 5.89. The Balaban J connectivity index is 2.63. The number of nitrogens with zero attached hydrogens (tertiary/aromatic N) is 1. The summed E-state index contributed by atoms with van der Waals surface area (Å²) in [5, 5.41) is 3.19. The Morgan fingerprint density at radius 2 is 1.72 bits per heavy atom. The van der Waals surface area contributed by atoms with E-state index in [1.807, 2.05) is 6.92 Å². The van der Waals surface area contributed by atoms with E-state index in [-0.39, 0.29) is 24.9 Å². The molecule has 1 aliphatic heterocycles. The molecular formula is C11H20N4O3. The molecule has 2 atom stereocenters. The van der Waals surface area contributed by atoms with Crippen LogP contribution in [-0.2, 0) is 14.4 Å². The first-order chi connectivity index (χ1) is 8.40. The molecule has 0 aromatic rings. The average molecular weight is 256 g/mol. The first-order valence-corrected chi connectivity index (χ1v) is 5.99. The van der Waals surface area contributed by atoms with Crippen LogP contribution >= 0.6 is 0 Å². The zero-order valence-corrected chi connectivity index (χ0v) is 10.5. The quantitative estimate of drug-likeness (QED) is 0.536. The highest BCUT2D eigenvalue weighted by Crippen LogP contribution is 2.16. The molecule has 0 bridgehead atoms. The van der Waals surface area contributed by atoms with Crippen LogP contribution in [-0.4, -0.2) is 48.3 Å². The van der Waals surface area contributed by atoms with E-state index < -0.39 is 11.8 Å². The summed E-state index contributed by atoms with van der Waals surface area (Å²) in [6.07, 6.45) is 1.62. The Morgan fingerprint density at radius 3 is 2.11 bits per heavy atom. The second-order valence-corrected chi connectivity index (χ2v) is 4.71. The van der Waals surface area contributed by atoms with Crippen LogP contribution in [0.2, 0.25) is 0 Å². The fourth-order valence-electron chi connectivity index (χ4n) is 2.06. The molecule has 7 heteroatoms. The Morgan fingerprint density at radius 1 is 1.17 bits per heavy atom. The van der Waals surface area contributed by atoms with Crippen LogP contribution in [0.4, 0.5) is 0 Å². The number of piperidine rings is 1. The lowest BCUT2D eigenvalue weighted by Crippen LogP contribution is -2.50. The minimum atomic E-state index is -0.651. The molecular weight excluding hydrogens is 236 g/mol. The molecule has 102 valence electrons. The monoisotopic (exact) mass is 256 g/mol. The third-order valence-electron chi connectivity index (χ3n) is 3.02. The zero-order valence-electron chi connectivity index (χ0n) is 10.5. The molecule has 1 saturated heterocycles. The Kier molecular flexibility index (Phi) is 5.08. The van der Waals surface area contributed by atoms with Crippen LogP contribution < -0.4 is 16.8 Å². The summed E-state index contributed by atoms with van der Waals surface area (Å²) in [6.45, 7) is 2.06. The molecule has 18 heavy (non-hydrogen) atoms. The molecule has 0 aliphatic carbocycles. The average Bonchev–Trinajstić information content (AvgIpc) is 2.27. The van der Waals surface area contributed by atoms with Crippen molar-refractivity contribution in [3.63, 3.8) is 0 Å². The summed E-state index contributed by atoms with van der Waals surface area (Å²) in [7, 11) is 0. The molecule has 7 nitrogen and oxygen atoms in total. The van der Waals surface area contributed by atoms with E-state index in [0.717, 1.165) is 17.7 Å². The van der Waals surface area contributed by atoms with Crippen molar-refractivity contribution < 1.29 is 14.4 Å². The lowest BCUT2D eigenvalue weighted by atomic mass is 9.94. The normalized spacial score (nSPS) is 23.4. The molecule has 1 heterocycles. The predicted molar refractivity (Wildman–Crippen MR) is 65.2 cm³/mol. The zero-order chi connectivity index (χ0) is 13.7. The number of carbonyl (C=O) groups is 3. The number of hydrogen-bond acceptors (Lipinski definition) is 4. The minimum absolute atomic E-state index is 0.222. The van der Waals surface area contributed by atoms with E-state index in [1.54, 1.807) is 0 Å². The maximum absolute atomic E-state index is 12.1.